The van der Waals surface area contributed by atoms with Gasteiger partial charge in [-0.05, 0) is 47.9 Å². The number of nitrogens with one attached hydrogen (secondary N) is 1. The molecule has 24 heavy (non-hydrogen) atoms. The summed E-state index contributed by atoms with van der Waals surface area (Å²) in [6.07, 6.45) is 2.18. The summed E-state index contributed by atoms with van der Waals surface area (Å²) in [5.41, 5.74) is 0.878. The highest BCUT2D eigenvalue weighted by Crippen LogP contribution is 2.25. The van der Waals surface area contributed by atoms with E-state index in [1.54, 1.807) is 11.3 Å². The van der Waals surface area contributed by atoms with Crippen molar-refractivity contribution in [2.75, 3.05) is 44.7 Å². The van der Waals surface area contributed by atoms with E-state index in [2.05, 4.69) is 33.8 Å². The lowest BCUT2D eigenvalue weighted by molar-refractivity contribution is 0.0296. The smallest absolute Gasteiger partial charge is 0.322 e. The Bertz CT molecular complexity index is 711. The van der Waals surface area contributed by atoms with E-state index in [1.807, 2.05) is 11.0 Å². The van der Waals surface area contributed by atoms with Crippen molar-refractivity contribution in [2.45, 2.75) is 18.9 Å². The molecule has 4 rings (SSSR count). The van der Waals surface area contributed by atoms with Crippen LogP contribution >= 0.6 is 11.3 Å². The van der Waals surface area contributed by atoms with Crippen molar-refractivity contribution in [3.8, 4) is 0 Å². The molecule has 3 heterocycles. The van der Waals surface area contributed by atoms with Gasteiger partial charge in [0.25, 0.3) is 0 Å². The third-order valence-corrected chi connectivity index (χ3v) is 5.81. The molecule has 2 saturated heterocycles. The fourth-order valence-corrected chi connectivity index (χ4v) is 4.39. The summed E-state index contributed by atoms with van der Waals surface area (Å²) in [5.74, 6) is 0. The molecule has 1 atom stereocenters. The Morgan fingerprint density at radius 3 is 3.00 bits per heavy atom. The first-order valence-electron chi connectivity index (χ1n) is 8.64. The molecule has 0 unspecified atom stereocenters. The summed E-state index contributed by atoms with van der Waals surface area (Å²) >= 11 is 1.72. The average molecular weight is 345 g/mol. The summed E-state index contributed by atoms with van der Waals surface area (Å²) in [7, 11) is 0. The number of thiophene rings is 1. The maximum absolute atomic E-state index is 12.7. The van der Waals surface area contributed by atoms with Gasteiger partial charge in [0.2, 0.25) is 0 Å². The monoisotopic (exact) mass is 345 g/mol. The van der Waals surface area contributed by atoms with Crippen molar-refractivity contribution in [1.29, 1.82) is 0 Å². The molecular weight excluding hydrogens is 322 g/mol. The highest BCUT2D eigenvalue weighted by atomic mass is 32.1. The van der Waals surface area contributed by atoms with E-state index in [0.717, 1.165) is 57.9 Å². The van der Waals surface area contributed by atoms with Crippen LogP contribution in [0.25, 0.3) is 10.1 Å². The lowest BCUT2D eigenvalue weighted by Crippen LogP contribution is -2.47. The van der Waals surface area contributed by atoms with Gasteiger partial charge < -0.3 is 15.0 Å². The number of carbonyl (C=O) groups is 1. The minimum Gasteiger partial charge on any atom is -0.379 e. The summed E-state index contributed by atoms with van der Waals surface area (Å²) < 4.78 is 6.66. The average Bonchev–Trinajstić information content (AvgIpc) is 3.24. The molecule has 2 fully saturated rings. The molecule has 0 spiro atoms. The molecule has 0 aliphatic carbocycles. The lowest BCUT2D eigenvalue weighted by atomic mass is 10.2. The topological polar surface area (TPSA) is 44.8 Å². The van der Waals surface area contributed by atoms with Crippen molar-refractivity contribution >= 4 is 33.1 Å². The molecule has 1 N–H and O–H groups in total. The van der Waals surface area contributed by atoms with Crippen LogP contribution < -0.4 is 5.32 Å². The van der Waals surface area contributed by atoms with Crippen molar-refractivity contribution in [1.82, 2.24) is 9.80 Å². The molecule has 1 aromatic heterocycles. The number of benzene rings is 1. The molecule has 128 valence electrons. The summed E-state index contributed by atoms with van der Waals surface area (Å²) in [6, 6.07) is 8.55. The van der Waals surface area contributed by atoms with Crippen LogP contribution in [-0.2, 0) is 4.74 Å². The van der Waals surface area contributed by atoms with Crippen molar-refractivity contribution in [2.24, 2.45) is 0 Å². The van der Waals surface area contributed by atoms with Gasteiger partial charge in [0.1, 0.15) is 0 Å². The first-order valence-corrected chi connectivity index (χ1v) is 9.52. The minimum absolute atomic E-state index is 0.0281. The number of amides is 2. The number of urea groups is 1. The first-order chi connectivity index (χ1) is 11.8. The fourth-order valence-electron chi connectivity index (χ4n) is 3.61. The number of hydrogen-bond donors (Lipinski definition) is 1. The van der Waals surface area contributed by atoms with E-state index in [-0.39, 0.29) is 6.03 Å². The van der Waals surface area contributed by atoms with Gasteiger partial charge in [-0.2, -0.15) is 0 Å². The summed E-state index contributed by atoms with van der Waals surface area (Å²) in [6.45, 7) is 5.36. The van der Waals surface area contributed by atoms with Crippen LogP contribution in [0.3, 0.4) is 0 Å². The second-order valence-corrected chi connectivity index (χ2v) is 7.45. The molecule has 6 heteroatoms. The Morgan fingerprint density at radius 2 is 2.12 bits per heavy atom. The van der Waals surface area contributed by atoms with Gasteiger partial charge in [0.05, 0.1) is 13.2 Å². The lowest BCUT2D eigenvalue weighted by Gasteiger charge is -2.32. The minimum atomic E-state index is 0.0281. The van der Waals surface area contributed by atoms with E-state index < -0.39 is 0 Å². The number of morpholine rings is 1. The molecule has 5 nitrogen and oxygen atoms in total. The maximum atomic E-state index is 12.7. The van der Waals surface area contributed by atoms with E-state index >= 15 is 0 Å². The number of nitrogens with zero attached hydrogens (tertiary/aromatic N) is 2. The van der Waals surface area contributed by atoms with Crippen molar-refractivity contribution in [3.63, 3.8) is 0 Å². The quantitative estimate of drug-likeness (QED) is 0.929. The Morgan fingerprint density at radius 1 is 1.25 bits per heavy atom. The normalized spacial score (nSPS) is 22.2. The van der Waals surface area contributed by atoms with Crippen LogP contribution in [0.1, 0.15) is 12.8 Å². The van der Waals surface area contributed by atoms with Crippen LogP contribution in [0.2, 0.25) is 0 Å². The SMILES string of the molecule is O=C(Nc1ccc2sccc2c1)N1CCC[C@H]1CN1CCOCC1. The van der Waals surface area contributed by atoms with Gasteiger partial charge in [-0.25, -0.2) is 4.79 Å². The van der Waals surface area contributed by atoms with E-state index in [0.29, 0.717) is 6.04 Å². The second-order valence-electron chi connectivity index (χ2n) is 6.51. The standard InChI is InChI=1S/C18H23N3O2S/c22-18(19-15-3-4-17-14(12-15)5-11-24-17)21-6-1-2-16(21)13-20-7-9-23-10-8-20/h3-5,11-12,16H,1-2,6-10,13H2,(H,19,22)/t16-/m0/s1. The molecule has 2 aliphatic heterocycles. The number of carbonyl (C=O) groups excluding carboxylic acids is 1. The van der Waals surface area contributed by atoms with Gasteiger partial charge in [-0.3, -0.25) is 4.90 Å². The molecule has 0 radical (unpaired) electrons. The van der Waals surface area contributed by atoms with Crippen molar-refractivity contribution in [3.05, 3.63) is 29.6 Å². The third-order valence-electron chi connectivity index (χ3n) is 4.91. The van der Waals surface area contributed by atoms with Crippen LogP contribution in [0.15, 0.2) is 29.6 Å². The van der Waals surface area contributed by atoms with E-state index in [1.165, 1.54) is 10.1 Å². The predicted octanol–water partition coefficient (Wildman–Crippen LogP) is 3.23. The highest BCUT2D eigenvalue weighted by molar-refractivity contribution is 7.17. The van der Waals surface area contributed by atoms with Crippen LogP contribution in [-0.4, -0.2) is 61.3 Å². The Hall–Kier alpha value is -1.63. The van der Waals surface area contributed by atoms with Gasteiger partial charge in [0.15, 0.2) is 0 Å². The molecular formula is C18H23N3O2S. The van der Waals surface area contributed by atoms with Gasteiger partial charge in [0, 0.05) is 42.6 Å². The van der Waals surface area contributed by atoms with Gasteiger partial charge >= 0.3 is 6.03 Å². The molecule has 2 amide bonds. The number of hydrogen-bond acceptors (Lipinski definition) is 4. The third kappa shape index (κ3) is 3.41. The number of fused-ring (bicyclic) bond motifs is 1. The predicted molar refractivity (Wildman–Crippen MR) is 97.8 cm³/mol. The molecule has 2 aliphatic rings. The summed E-state index contributed by atoms with van der Waals surface area (Å²) in [5, 5.41) is 6.34. The molecule has 1 aromatic carbocycles. The largest absolute Gasteiger partial charge is 0.379 e. The van der Waals surface area contributed by atoms with Gasteiger partial charge in [-0.1, -0.05) is 0 Å². The van der Waals surface area contributed by atoms with Crippen LogP contribution in [0.5, 0.6) is 0 Å². The van der Waals surface area contributed by atoms with E-state index in [9.17, 15) is 4.79 Å². The molecule has 2 aromatic rings. The van der Waals surface area contributed by atoms with Gasteiger partial charge in [-0.15, -0.1) is 11.3 Å². The molecule has 0 bridgehead atoms. The zero-order valence-corrected chi connectivity index (χ0v) is 14.6. The number of anilines is 1. The number of rotatable bonds is 3. The second kappa shape index (κ2) is 7.09. The summed E-state index contributed by atoms with van der Waals surface area (Å²) in [4.78, 5) is 17.1. The van der Waals surface area contributed by atoms with Crippen molar-refractivity contribution < 1.29 is 9.53 Å². The van der Waals surface area contributed by atoms with Crippen LogP contribution in [0, 0.1) is 0 Å². The fraction of sp³-hybridized carbons (Fsp3) is 0.500. The van der Waals surface area contributed by atoms with E-state index in [4.69, 9.17) is 4.74 Å². The Labute approximate surface area is 146 Å². The van der Waals surface area contributed by atoms with Crippen LogP contribution in [0.4, 0.5) is 10.5 Å². The first kappa shape index (κ1) is 15.9. The zero-order chi connectivity index (χ0) is 16.4. The highest BCUT2D eigenvalue weighted by Gasteiger charge is 2.30. The molecule has 0 saturated carbocycles. The Kier molecular flexibility index (Phi) is 4.69. The Balaban J connectivity index is 1.40. The zero-order valence-electron chi connectivity index (χ0n) is 13.7. The maximum Gasteiger partial charge on any atom is 0.322 e. The number of likely N-dealkylation sites (tertiary alicyclic amines) is 1. The number of ether oxygens (including phenoxy) is 1.